The van der Waals surface area contributed by atoms with Crippen LogP contribution in [0.15, 0.2) is 34.9 Å². The molecule has 0 saturated carbocycles. The number of hydrazine groups is 1. The summed E-state index contributed by atoms with van der Waals surface area (Å²) in [4.78, 5) is 3.96. The highest BCUT2D eigenvalue weighted by Gasteiger charge is 2.07. The van der Waals surface area contributed by atoms with Gasteiger partial charge in [0.1, 0.15) is 0 Å². The van der Waals surface area contributed by atoms with Gasteiger partial charge in [-0.25, -0.2) is 5.01 Å². The first-order valence-corrected chi connectivity index (χ1v) is 3.26. The standard InChI is InChI=1S/C6H7N5/c1-2-6(4-7-3-1)11-5-8-9-10-11/h1-4H,5H2,(H,8,10). The van der Waals surface area contributed by atoms with Crippen LogP contribution in [0, 0.1) is 0 Å². The quantitative estimate of drug-likeness (QED) is 0.640. The number of hydrogen-bond acceptors (Lipinski definition) is 5. The number of nitrogens with zero attached hydrogens (tertiary/aromatic N) is 4. The summed E-state index contributed by atoms with van der Waals surface area (Å²) in [5, 5.41) is 9.17. The fourth-order valence-electron chi connectivity index (χ4n) is 0.865. The number of hydrogen-bond donors (Lipinski definition) is 1. The van der Waals surface area contributed by atoms with Gasteiger partial charge in [0.05, 0.1) is 11.9 Å². The minimum atomic E-state index is 0.547. The van der Waals surface area contributed by atoms with Crippen molar-refractivity contribution in [2.24, 2.45) is 10.3 Å². The second-order valence-electron chi connectivity index (χ2n) is 2.12. The van der Waals surface area contributed by atoms with Gasteiger partial charge in [-0.15, -0.1) is 5.11 Å². The molecule has 11 heavy (non-hydrogen) atoms. The van der Waals surface area contributed by atoms with Crippen molar-refractivity contribution in [2.75, 3.05) is 11.7 Å². The van der Waals surface area contributed by atoms with E-state index in [1.54, 1.807) is 17.4 Å². The molecule has 2 rings (SSSR count). The molecule has 0 radical (unpaired) electrons. The molecule has 0 fully saturated rings. The Balaban J connectivity index is 2.17. The Labute approximate surface area is 63.7 Å². The molecule has 0 spiro atoms. The monoisotopic (exact) mass is 149 g/mol. The van der Waals surface area contributed by atoms with Crippen LogP contribution in [0.2, 0.25) is 0 Å². The summed E-state index contributed by atoms with van der Waals surface area (Å²) < 4.78 is 0. The summed E-state index contributed by atoms with van der Waals surface area (Å²) in [6.45, 7) is 0.547. The molecule has 0 aromatic carbocycles. The third kappa shape index (κ3) is 1.12. The Kier molecular flexibility index (Phi) is 1.40. The van der Waals surface area contributed by atoms with Crippen LogP contribution in [0.5, 0.6) is 0 Å². The molecule has 0 bridgehead atoms. The van der Waals surface area contributed by atoms with E-state index in [9.17, 15) is 0 Å². The molecule has 0 unspecified atom stereocenters. The predicted octanol–water partition coefficient (Wildman–Crippen LogP) is 0.731. The maximum Gasteiger partial charge on any atom is 0.154 e. The molecule has 2 heterocycles. The van der Waals surface area contributed by atoms with Crippen molar-refractivity contribution in [3.05, 3.63) is 24.5 Å². The fourth-order valence-corrected chi connectivity index (χ4v) is 0.865. The molecule has 1 aromatic heterocycles. The van der Waals surface area contributed by atoms with Gasteiger partial charge in [-0.3, -0.25) is 4.98 Å². The number of rotatable bonds is 1. The van der Waals surface area contributed by atoms with Crippen LogP contribution in [0.25, 0.3) is 0 Å². The summed E-state index contributed by atoms with van der Waals surface area (Å²) in [5.74, 6) is 0. The van der Waals surface area contributed by atoms with Crippen molar-refractivity contribution in [1.29, 1.82) is 0 Å². The highest BCUT2D eigenvalue weighted by Crippen LogP contribution is 2.10. The molecular formula is C6H7N5. The minimum absolute atomic E-state index is 0.547. The molecule has 0 atom stereocenters. The Hall–Kier alpha value is -1.65. The molecule has 1 aromatic rings. The Bertz CT molecular complexity index is 249. The Morgan fingerprint density at radius 2 is 2.55 bits per heavy atom. The van der Waals surface area contributed by atoms with Crippen LogP contribution in [-0.2, 0) is 0 Å². The first-order chi connectivity index (χ1) is 5.47. The molecular weight excluding hydrogens is 142 g/mol. The summed E-state index contributed by atoms with van der Waals surface area (Å²) in [7, 11) is 0. The van der Waals surface area contributed by atoms with Crippen molar-refractivity contribution in [3.63, 3.8) is 0 Å². The largest absolute Gasteiger partial charge is 0.262 e. The molecule has 56 valence electrons. The molecule has 1 aliphatic rings. The van der Waals surface area contributed by atoms with Gasteiger partial charge < -0.3 is 0 Å². The summed E-state index contributed by atoms with van der Waals surface area (Å²) in [6, 6.07) is 3.81. The average Bonchev–Trinajstić information content (AvgIpc) is 2.58. The van der Waals surface area contributed by atoms with Gasteiger partial charge in [-0.1, -0.05) is 5.22 Å². The molecule has 1 aliphatic heterocycles. The SMILES string of the molecule is c1cncc(N2CN=NN2)c1. The van der Waals surface area contributed by atoms with Crippen molar-refractivity contribution in [3.8, 4) is 0 Å². The highest BCUT2D eigenvalue weighted by molar-refractivity contribution is 5.42. The number of pyridine rings is 1. The number of aromatic nitrogens is 1. The smallest absolute Gasteiger partial charge is 0.154 e. The van der Waals surface area contributed by atoms with E-state index in [0.717, 1.165) is 5.69 Å². The van der Waals surface area contributed by atoms with Crippen LogP contribution < -0.4 is 10.5 Å². The summed E-state index contributed by atoms with van der Waals surface area (Å²) in [5.41, 5.74) is 3.69. The lowest BCUT2D eigenvalue weighted by Crippen LogP contribution is -2.29. The lowest BCUT2D eigenvalue weighted by Gasteiger charge is -2.13. The normalized spacial score (nSPS) is 15.1. The van der Waals surface area contributed by atoms with E-state index in [1.165, 1.54) is 0 Å². The van der Waals surface area contributed by atoms with Gasteiger partial charge in [-0.2, -0.15) is 5.53 Å². The van der Waals surface area contributed by atoms with E-state index in [0.29, 0.717) is 6.67 Å². The second kappa shape index (κ2) is 2.53. The molecule has 0 saturated heterocycles. The predicted molar refractivity (Wildman–Crippen MR) is 39.6 cm³/mol. The highest BCUT2D eigenvalue weighted by atomic mass is 15.8. The van der Waals surface area contributed by atoms with E-state index in [-0.39, 0.29) is 0 Å². The fraction of sp³-hybridized carbons (Fsp3) is 0.167. The zero-order valence-electron chi connectivity index (χ0n) is 5.81. The average molecular weight is 149 g/mol. The van der Waals surface area contributed by atoms with E-state index in [2.05, 4.69) is 20.9 Å². The third-order valence-electron chi connectivity index (χ3n) is 1.40. The van der Waals surface area contributed by atoms with E-state index in [1.807, 2.05) is 12.1 Å². The minimum Gasteiger partial charge on any atom is -0.262 e. The maximum absolute atomic E-state index is 3.96. The van der Waals surface area contributed by atoms with Crippen LogP contribution >= 0.6 is 0 Å². The Morgan fingerprint density at radius 1 is 1.55 bits per heavy atom. The van der Waals surface area contributed by atoms with Gasteiger partial charge in [0.2, 0.25) is 0 Å². The van der Waals surface area contributed by atoms with Gasteiger partial charge >= 0.3 is 0 Å². The number of nitrogens with one attached hydrogen (secondary N) is 1. The second-order valence-corrected chi connectivity index (χ2v) is 2.12. The topological polar surface area (TPSA) is 52.9 Å². The summed E-state index contributed by atoms with van der Waals surface area (Å²) in [6.07, 6.45) is 3.48. The molecule has 1 N–H and O–H groups in total. The van der Waals surface area contributed by atoms with E-state index in [4.69, 9.17) is 0 Å². The van der Waals surface area contributed by atoms with Crippen LogP contribution in [0.1, 0.15) is 0 Å². The molecule has 0 aliphatic carbocycles. The molecule has 5 heteroatoms. The Morgan fingerprint density at radius 3 is 3.18 bits per heavy atom. The van der Waals surface area contributed by atoms with Crippen molar-refractivity contribution < 1.29 is 0 Å². The van der Waals surface area contributed by atoms with Crippen molar-refractivity contribution in [1.82, 2.24) is 10.5 Å². The first kappa shape index (κ1) is 6.09. The van der Waals surface area contributed by atoms with Crippen LogP contribution in [-0.4, -0.2) is 11.7 Å². The molecule has 5 nitrogen and oxygen atoms in total. The van der Waals surface area contributed by atoms with E-state index < -0.39 is 0 Å². The van der Waals surface area contributed by atoms with Gasteiger partial charge in [0.15, 0.2) is 6.67 Å². The van der Waals surface area contributed by atoms with Crippen LogP contribution in [0.4, 0.5) is 5.69 Å². The number of anilines is 1. The zero-order chi connectivity index (χ0) is 7.52. The zero-order valence-corrected chi connectivity index (χ0v) is 5.81. The first-order valence-electron chi connectivity index (χ1n) is 3.26. The van der Waals surface area contributed by atoms with Gasteiger partial charge in [0, 0.05) is 6.20 Å². The lowest BCUT2D eigenvalue weighted by molar-refractivity contribution is 0.747. The van der Waals surface area contributed by atoms with Crippen molar-refractivity contribution in [2.45, 2.75) is 0 Å². The van der Waals surface area contributed by atoms with E-state index >= 15 is 0 Å². The van der Waals surface area contributed by atoms with Gasteiger partial charge in [-0.05, 0) is 12.1 Å². The van der Waals surface area contributed by atoms with Crippen LogP contribution in [0.3, 0.4) is 0 Å². The third-order valence-corrected chi connectivity index (χ3v) is 1.40. The summed E-state index contributed by atoms with van der Waals surface area (Å²) >= 11 is 0. The lowest BCUT2D eigenvalue weighted by atomic mass is 10.4. The molecule has 0 amide bonds. The van der Waals surface area contributed by atoms with Crippen molar-refractivity contribution >= 4 is 5.69 Å². The van der Waals surface area contributed by atoms with Gasteiger partial charge in [0.25, 0.3) is 0 Å². The maximum atomic E-state index is 3.96.